The van der Waals surface area contributed by atoms with Crippen molar-refractivity contribution in [3.63, 3.8) is 0 Å². The molecular formula is C16H30N2O2. The highest BCUT2D eigenvalue weighted by molar-refractivity contribution is 4.84. The van der Waals surface area contributed by atoms with Gasteiger partial charge < -0.3 is 19.7 Å². The molecule has 0 aromatic heterocycles. The van der Waals surface area contributed by atoms with Gasteiger partial charge in [0.05, 0.1) is 18.8 Å². The summed E-state index contributed by atoms with van der Waals surface area (Å²) in [6.45, 7) is 4.97. The molecule has 20 heavy (non-hydrogen) atoms. The molecule has 1 heterocycles. The summed E-state index contributed by atoms with van der Waals surface area (Å²) >= 11 is 0. The summed E-state index contributed by atoms with van der Waals surface area (Å²) in [5.41, 5.74) is 0. The van der Waals surface area contributed by atoms with Gasteiger partial charge in [0.25, 0.3) is 0 Å². The Bertz CT molecular complexity index is 292. The molecule has 0 spiro atoms. The quantitative estimate of drug-likeness (QED) is 0.618. The third-order valence-electron chi connectivity index (χ3n) is 4.59. The van der Waals surface area contributed by atoms with Crippen LogP contribution in [0.3, 0.4) is 0 Å². The average Bonchev–Trinajstić information content (AvgIpc) is 3.34. The van der Waals surface area contributed by atoms with Crippen molar-refractivity contribution in [3.05, 3.63) is 0 Å². The van der Waals surface area contributed by atoms with Crippen molar-refractivity contribution in [3.8, 4) is 0 Å². The largest absolute Gasteiger partial charge is 0.380 e. The second kappa shape index (κ2) is 7.21. The standard InChI is InChI=1S/C16H30N2O2/c1-18(8-9-19-12-13-2-3-13)11-16-7-6-15(20-16)10-17-14-4-5-14/h13-17H,2-12H2,1H3. The van der Waals surface area contributed by atoms with Crippen molar-refractivity contribution in [1.29, 1.82) is 0 Å². The zero-order valence-electron chi connectivity index (χ0n) is 12.9. The number of likely N-dealkylation sites (N-methyl/N-ethyl adjacent to an activating group) is 1. The molecule has 0 radical (unpaired) electrons. The Kier molecular flexibility index (Phi) is 5.32. The van der Waals surface area contributed by atoms with E-state index in [9.17, 15) is 0 Å². The predicted octanol–water partition coefficient (Wildman–Crippen LogP) is 1.64. The van der Waals surface area contributed by atoms with Crippen LogP contribution < -0.4 is 5.32 Å². The maximum absolute atomic E-state index is 6.12. The van der Waals surface area contributed by atoms with E-state index in [2.05, 4.69) is 17.3 Å². The fraction of sp³-hybridized carbons (Fsp3) is 1.00. The van der Waals surface area contributed by atoms with E-state index in [0.29, 0.717) is 12.2 Å². The summed E-state index contributed by atoms with van der Waals surface area (Å²) in [4.78, 5) is 2.36. The SMILES string of the molecule is CN(CCOCC1CC1)CC1CCC(CNC2CC2)O1. The Morgan fingerprint density at radius 2 is 1.90 bits per heavy atom. The molecule has 1 N–H and O–H groups in total. The molecule has 0 amide bonds. The third-order valence-corrected chi connectivity index (χ3v) is 4.59. The Hall–Kier alpha value is -0.160. The molecule has 0 aromatic rings. The van der Waals surface area contributed by atoms with Gasteiger partial charge in [0.1, 0.15) is 0 Å². The average molecular weight is 282 g/mol. The molecule has 3 rings (SSSR count). The molecule has 0 bridgehead atoms. The first kappa shape index (κ1) is 14.8. The van der Waals surface area contributed by atoms with Gasteiger partial charge in [0.15, 0.2) is 0 Å². The highest BCUT2D eigenvalue weighted by Gasteiger charge is 2.28. The van der Waals surface area contributed by atoms with E-state index in [-0.39, 0.29) is 0 Å². The zero-order chi connectivity index (χ0) is 13.8. The van der Waals surface area contributed by atoms with Gasteiger partial charge in [-0.1, -0.05) is 0 Å². The summed E-state index contributed by atoms with van der Waals surface area (Å²) in [6.07, 6.45) is 8.78. The van der Waals surface area contributed by atoms with E-state index >= 15 is 0 Å². The van der Waals surface area contributed by atoms with Gasteiger partial charge in [-0.25, -0.2) is 0 Å². The topological polar surface area (TPSA) is 33.7 Å². The van der Waals surface area contributed by atoms with Crippen LogP contribution >= 0.6 is 0 Å². The van der Waals surface area contributed by atoms with Gasteiger partial charge in [-0.3, -0.25) is 0 Å². The van der Waals surface area contributed by atoms with E-state index in [4.69, 9.17) is 9.47 Å². The van der Waals surface area contributed by atoms with Crippen LogP contribution in [0.1, 0.15) is 38.5 Å². The highest BCUT2D eigenvalue weighted by Crippen LogP contribution is 2.28. The van der Waals surface area contributed by atoms with E-state index in [1.807, 2.05) is 0 Å². The summed E-state index contributed by atoms with van der Waals surface area (Å²) in [7, 11) is 2.18. The minimum atomic E-state index is 0.425. The number of nitrogens with zero attached hydrogens (tertiary/aromatic N) is 1. The maximum Gasteiger partial charge on any atom is 0.0707 e. The minimum Gasteiger partial charge on any atom is -0.380 e. The van der Waals surface area contributed by atoms with Crippen LogP contribution in [0.15, 0.2) is 0 Å². The predicted molar refractivity (Wildman–Crippen MR) is 80.0 cm³/mol. The second-order valence-electron chi connectivity index (χ2n) is 6.92. The molecule has 4 heteroatoms. The smallest absolute Gasteiger partial charge is 0.0707 e. The van der Waals surface area contributed by atoms with Gasteiger partial charge in [-0.05, 0) is 51.5 Å². The monoisotopic (exact) mass is 282 g/mol. The van der Waals surface area contributed by atoms with Crippen molar-refractivity contribution >= 4 is 0 Å². The fourth-order valence-corrected chi connectivity index (χ4v) is 2.84. The van der Waals surface area contributed by atoms with Crippen LogP contribution in [0.25, 0.3) is 0 Å². The first-order valence-electron chi connectivity index (χ1n) is 8.44. The van der Waals surface area contributed by atoms with Crippen LogP contribution in [0.4, 0.5) is 0 Å². The number of hydrogen-bond donors (Lipinski definition) is 1. The summed E-state index contributed by atoms with van der Waals surface area (Å²) in [5, 5.41) is 3.57. The Balaban J connectivity index is 1.21. The summed E-state index contributed by atoms with van der Waals surface area (Å²) < 4.78 is 11.8. The molecule has 116 valence electrons. The molecule has 4 nitrogen and oxygen atoms in total. The zero-order valence-corrected chi connectivity index (χ0v) is 12.9. The van der Waals surface area contributed by atoms with Gasteiger partial charge in [0.2, 0.25) is 0 Å². The lowest BCUT2D eigenvalue weighted by molar-refractivity contribution is 0.0212. The summed E-state index contributed by atoms with van der Waals surface area (Å²) in [5.74, 6) is 0.873. The third kappa shape index (κ3) is 5.32. The van der Waals surface area contributed by atoms with Gasteiger partial charge in [0, 0.05) is 32.3 Å². The van der Waals surface area contributed by atoms with E-state index < -0.39 is 0 Å². The number of rotatable bonds is 10. The molecule has 2 atom stereocenters. The van der Waals surface area contributed by atoms with E-state index in [1.165, 1.54) is 38.5 Å². The lowest BCUT2D eigenvalue weighted by atomic mass is 10.2. The Morgan fingerprint density at radius 3 is 2.65 bits per heavy atom. The highest BCUT2D eigenvalue weighted by atomic mass is 16.5. The minimum absolute atomic E-state index is 0.425. The molecule has 0 aromatic carbocycles. The van der Waals surface area contributed by atoms with E-state index in [1.54, 1.807) is 0 Å². The van der Waals surface area contributed by atoms with Gasteiger partial charge in [-0.2, -0.15) is 0 Å². The number of ether oxygens (including phenoxy) is 2. The maximum atomic E-state index is 6.12. The van der Waals surface area contributed by atoms with Crippen LogP contribution in [-0.2, 0) is 9.47 Å². The molecule has 1 saturated heterocycles. The first-order valence-corrected chi connectivity index (χ1v) is 8.44. The Labute approximate surface area is 123 Å². The van der Waals surface area contributed by atoms with Crippen LogP contribution in [0, 0.1) is 5.92 Å². The molecule has 2 unspecified atom stereocenters. The van der Waals surface area contributed by atoms with Gasteiger partial charge in [-0.15, -0.1) is 0 Å². The normalized spacial score (nSPS) is 30.3. The Morgan fingerprint density at radius 1 is 1.10 bits per heavy atom. The molecule has 3 fully saturated rings. The van der Waals surface area contributed by atoms with Crippen molar-refractivity contribution in [2.45, 2.75) is 56.8 Å². The molecular weight excluding hydrogens is 252 g/mol. The lowest BCUT2D eigenvalue weighted by Crippen LogP contribution is -2.34. The van der Waals surface area contributed by atoms with E-state index in [0.717, 1.165) is 44.8 Å². The lowest BCUT2D eigenvalue weighted by Gasteiger charge is -2.21. The molecule has 2 aliphatic carbocycles. The second-order valence-corrected chi connectivity index (χ2v) is 6.92. The fourth-order valence-electron chi connectivity index (χ4n) is 2.84. The molecule has 1 aliphatic heterocycles. The van der Waals surface area contributed by atoms with Crippen molar-refractivity contribution in [2.75, 3.05) is 39.9 Å². The molecule has 3 aliphatic rings. The van der Waals surface area contributed by atoms with Crippen molar-refractivity contribution < 1.29 is 9.47 Å². The van der Waals surface area contributed by atoms with Gasteiger partial charge >= 0.3 is 0 Å². The summed E-state index contributed by atoms with van der Waals surface area (Å²) in [6, 6.07) is 0.795. The van der Waals surface area contributed by atoms with Crippen molar-refractivity contribution in [2.24, 2.45) is 5.92 Å². The molecule has 2 saturated carbocycles. The van der Waals surface area contributed by atoms with Crippen LogP contribution in [-0.4, -0.2) is 63.0 Å². The van der Waals surface area contributed by atoms with Crippen LogP contribution in [0.5, 0.6) is 0 Å². The first-order chi connectivity index (χ1) is 9.79. The number of hydrogen-bond acceptors (Lipinski definition) is 4. The number of nitrogens with one attached hydrogen (secondary N) is 1. The van der Waals surface area contributed by atoms with Crippen molar-refractivity contribution in [1.82, 2.24) is 10.2 Å². The van der Waals surface area contributed by atoms with Crippen LogP contribution in [0.2, 0.25) is 0 Å².